The minimum atomic E-state index is -1.25. The lowest BCUT2D eigenvalue weighted by Crippen LogP contribution is -2.40. The first kappa shape index (κ1) is 18.5. The maximum absolute atomic E-state index is 12.9. The van der Waals surface area contributed by atoms with E-state index in [1.165, 1.54) is 6.26 Å². The first-order valence-corrected chi connectivity index (χ1v) is 9.11. The fourth-order valence-corrected chi connectivity index (χ4v) is 3.29. The van der Waals surface area contributed by atoms with Crippen LogP contribution in [-0.2, 0) is 16.9 Å². The Balaban J connectivity index is 1.51. The molecule has 2 aromatic carbocycles. The van der Waals surface area contributed by atoms with Gasteiger partial charge in [-0.2, -0.15) is 0 Å². The maximum atomic E-state index is 12.9. The number of amides is 4. The molecule has 7 heteroatoms. The second kappa shape index (κ2) is 7.27. The first-order valence-electron chi connectivity index (χ1n) is 9.11. The first-order chi connectivity index (χ1) is 14.0. The van der Waals surface area contributed by atoms with Gasteiger partial charge in [-0.15, -0.1) is 0 Å². The summed E-state index contributed by atoms with van der Waals surface area (Å²) in [5.41, 5.74) is 0.541. The largest absolute Gasteiger partial charge is 0.466 e. The number of hydrogen-bond acceptors (Lipinski definition) is 4. The molecule has 1 aliphatic heterocycles. The summed E-state index contributed by atoms with van der Waals surface area (Å²) in [4.78, 5) is 39.0. The summed E-state index contributed by atoms with van der Waals surface area (Å²) in [6, 6.07) is 18.8. The van der Waals surface area contributed by atoms with Crippen LogP contribution in [-0.4, -0.2) is 22.7 Å². The van der Waals surface area contributed by atoms with Gasteiger partial charge in [-0.1, -0.05) is 30.3 Å². The predicted octanol–water partition coefficient (Wildman–Crippen LogP) is 3.50. The van der Waals surface area contributed by atoms with Crippen molar-refractivity contribution in [2.45, 2.75) is 19.0 Å². The van der Waals surface area contributed by atoms with Crippen LogP contribution in [0, 0.1) is 0 Å². The van der Waals surface area contributed by atoms with Gasteiger partial charge in [0.05, 0.1) is 12.8 Å². The van der Waals surface area contributed by atoms with Crippen LogP contribution in [0.2, 0.25) is 0 Å². The van der Waals surface area contributed by atoms with E-state index in [0.717, 1.165) is 4.90 Å². The van der Waals surface area contributed by atoms with Crippen LogP contribution < -0.4 is 10.6 Å². The summed E-state index contributed by atoms with van der Waals surface area (Å²) in [7, 11) is 0. The van der Waals surface area contributed by atoms with Crippen LogP contribution in [0.15, 0.2) is 77.4 Å². The molecule has 0 saturated carbocycles. The van der Waals surface area contributed by atoms with Gasteiger partial charge in [-0.05, 0) is 48.9 Å². The number of anilines is 1. The topological polar surface area (TPSA) is 91.7 Å². The van der Waals surface area contributed by atoms with Crippen LogP contribution in [0.1, 0.15) is 28.6 Å². The van der Waals surface area contributed by atoms with E-state index in [1.54, 1.807) is 55.5 Å². The Morgan fingerprint density at radius 1 is 1.07 bits per heavy atom. The molecule has 29 heavy (non-hydrogen) atoms. The Morgan fingerprint density at radius 2 is 1.86 bits per heavy atom. The third-order valence-corrected chi connectivity index (χ3v) is 4.85. The van der Waals surface area contributed by atoms with Crippen LogP contribution in [0.25, 0.3) is 0 Å². The molecule has 146 valence electrons. The molecular weight excluding hydrogens is 370 g/mol. The van der Waals surface area contributed by atoms with Crippen LogP contribution in [0.5, 0.6) is 0 Å². The molecule has 1 aliphatic rings. The lowest BCUT2D eigenvalue weighted by atomic mass is 9.99. The summed E-state index contributed by atoms with van der Waals surface area (Å²) in [5, 5.41) is 5.50. The van der Waals surface area contributed by atoms with E-state index in [2.05, 4.69) is 10.6 Å². The summed E-state index contributed by atoms with van der Waals surface area (Å²) < 4.78 is 5.33. The zero-order chi connectivity index (χ0) is 20.4. The molecule has 0 spiro atoms. The highest BCUT2D eigenvalue weighted by Crippen LogP contribution is 2.30. The molecule has 1 aromatic heterocycles. The van der Waals surface area contributed by atoms with Crippen LogP contribution in [0.4, 0.5) is 10.5 Å². The smallest absolute Gasteiger partial charge is 0.325 e. The molecule has 1 atom stereocenters. The molecule has 2 heterocycles. The Kier molecular flexibility index (Phi) is 4.64. The predicted molar refractivity (Wildman–Crippen MR) is 106 cm³/mol. The van der Waals surface area contributed by atoms with E-state index < -0.39 is 17.5 Å². The van der Waals surface area contributed by atoms with Crippen molar-refractivity contribution in [2.75, 3.05) is 5.32 Å². The maximum Gasteiger partial charge on any atom is 0.325 e. The van der Waals surface area contributed by atoms with Crippen molar-refractivity contribution in [3.63, 3.8) is 0 Å². The summed E-state index contributed by atoms with van der Waals surface area (Å²) >= 11 is 0. The quantitative estimate of drug-likeness (QED) is 0.654. The molecule has 1 unspecified atom stereocenters. The van der Waals surface area contributed by atoms with Crippen molar-refractivity contribution >= 4 is 23.5 Å². The van der Waals surface area contributed by atoms with Gasteiger partial charge in [-0.25, -0.2) is 4.79 Å². The fraction of sp³-hybridized carbons (Fsp3) is 0.136. The molecule has 1 fully saturated rings. The third-order valence-electron chi connectivity index (χ3n) is 4.85. The van der Waals surface area contributed by atoms with E-state index in [1.807, 2.05) is 18.2 Å². The highest BCUT2D eigenvalue weighted by atomic mass is 16.3. The average Bonchev–Trinajstić information content (AvgIpc) is 3.34. The van der Waals surface area contributed by atoms with Gasteiger partial charge in [0.15, 0.2) is 5.54 Å². The number of urea groups is 1. The van der Waals surface area contributed by atoms with Crippen molar-refractivity contribution in [3.05, 3.63) is 89.9 Å². The molecule has 7 nitrogen and oxygen atoms in total. The Hall–Kier alpha value is -3.87. The molecule has 3 aromatic rings. The fourth-order valence-electron chi connectivity index (χ4n) is 3.29. The molecule has 1 saturated heterocycles. The van der Waals surface area contributed by atoms with Gasteiger partial charge in [0, 0.05) is 11.3 Å². The number of hydrogen-bond donors (Lipinski definition) is 2. The Bertz CT molecular complexity index is 1060. The number of imide groups is 1. The second-order valence-electron chi connectivity index (χ2n) is 6.94. The number of benzene rings is 2. The number of nitrogens with zero attached hydrogens (tertiary/aromatic N) is 1. The minimum Gasteiger partial charge on any atom is -0.466 e. The SMILES string of the molecule is CC1(c2ccco2)NC(=O)N(Cc2cccc(C(=O)Nc3ccccc3)c2)C1=O. The average molecular weight is 389 g/mol. The number of furan rings is 1. The van der Waals surface area contributed by atoms with E-state index in [9.17, 15) is 14.4 Å². The van der Waals surface area contributed by atoms with Gasteiger partial charge >= 0.3 is 6.03 Å². The number of carbonyl (C=O) groups is 3. The normalized spacial score (nSPS) is 18.6. The van der Waals surface area contributed by atoms with Crippen molar-refractivity contribution in [1.82, 2.24) is 10.2 Å². The molecule has 2 N–H and O–H groups in total. The zero-order valence-electron chi connectivity index (χ0n) is 15.7. The van der Waals surface area contributed by atoms with Gasteiger partial charge < -0.3 is 15.1 Å². The molecule has 0 aliphatic carbocycles. The molecular formula is C22H19N3O4. The van der Waals surface area contributed by atoms with Gasteiger partial charge in [-0.3, -0.25) is 14.5 Å². The number of rotatable bonds is 5. The lowest BCUT2D eigenvalue weighted by molar-refractivity contribution is -0.132. The van der Waals surface area contributed by atoms with Crippen molar-refractivity contribution < 1.29 is 18.8 Å². The highest BCUT2D eigenvalue weighted by Gasteiger charge is 2.50. The highest BCUT2D eigenvalue weighted by molar-refractivity contribution is 6.07. The summed E-state index contributed by atoms with van der Waals surface area (Å²) in [5.74, 6) is -0.304. The van der Waals surface area contributed by atoms with Gasteiger partial charge in [0.2, 0.25) is 0 Å². The Labute approximate surface area is 167 Å². The lowest BCUT2D eigenvalue weighted by Gasteiger charge is -2.19. The minimum absolute atomic E-state index is 0.0490. The second-order valence-corrected chi connectivity index (χ2v) is 6.94. The van der Waals surface area contributed by atoms with Gasteiger partial charge in [0.25, 0.3) is 11.8 Å². The molecule has 0 radical (unpaired) electrons. The number of carbonyl (C=O) groups excluding carboxylic acids is 3. The zero-order valence-corrected chi connectivity index (χ0v) is 15.7. The van der Waals surface area contributed by atoms with Crippen LogP contribution in [0.3, 0.4) is 0 Å². The van der Waals surface area contributed by atoms with Crippen molar-refractivity contribution in [3.8, 4) is 0 Å². The van der Waals surface area contributed by atoms with Crippen LogP contribution >= 0.6 is 0 Å². The van der Waals surface area contributed by atoms with Gasteiger partial charge in [0.1, 0.15) is 5.76 Å². The van der Waals surface area contributed by atoms with E-state index >= 15 is 0 Å². The van der Waals surface area contributed by atoms with Crippen molar-refractivity contribution in [2.24, 2.45) is 0 Å². The standard InChI is InChI=1S/C22H19N3O4/c1-22(18-11-6-12-29-18)20(27)25(21(28)24-22)14-15-7-5-8-16(13-15)19(26)23-17-9-3-2-4-10-17/h2-13H,14H2,1H3,(H,23,26)(H,24,28). The molecule has 0 bridgehead atoms. The molecule has 4 rings (SSSR count). The van der Waals surface area contributed by atoms with E-state index in [-0.39, 0.29) is 12.5 Å². The number of nitrogens with one attached hydrogen (secondary N) is 2. The molecule has 4 amide bonds. The van der Waals surface area contributed by atoms with E-state index in [0.29, 0.717) is 22.6 Å². The third kappa shape index (κ3) is 3.50. The summed E-state index contributed by atoms with van der Waals surface area (Å²) in [6.07, 6.45) is 1.46. The summed E-state index contributed by atoms with van der Waals surface area (Å²) in [6.45, 7) is 1.66. The Morgan fingerprint density at radius 3 is 2.59 bits per heavy atom. The van der Waals surface area contributed by atoms with E-state index in [4.69, 9.17) is 4.42 Å². The van der Waals surface area contributed by atoms with Crippen molar-refractivity contribution in [1.29, 1.82) is 0 Å². The number of para-hydroxylation sites is 1. The monoisotopic (exact) mass is 389 g/mol.